The van der Waals surface area contributed by atoms with Crippen molar-refractivity contribution in [3.05, 3.63) is 28.8 Å². The Hall–Kier alpha value is -0.810. The predicted octanol–water partition coefficient (Wildman–Crippen LogP) is 2.04. The highest BCUT2D eigenvalue weighted by Gasteiger charge is 2.21. The van der Waals surface area contributed by atoms with Crippen LogP contribution in [0.4, 0.5) is 5.69 Å². The molecule has 4 nitrogen and oxygen atoms in total. The molecule has 1 amide bonds. The predicted molar refractivity (Wildman–Crippen MR) is 81.1 cm³/mol. The molecular weight excluding hydrogens is 285 g/mol. The Kier molecular flexibility index (Phi) is 6.07. The summed E-state index contributed by atoms with van der Waals surface area (Å²) < 4.78 is 0. The van der Waals surface area contributed by atoms with Gasteiger partial charge in [0.15, 0.2) is 0 Å². The molecule has 0 aliphatic carbocycles. The molecule has 0 aromatic heterocycles. The third kappa shape index (κ3) is 4.66. The molecule has 1 saturated heterocycles. The third-order valence-corrected chi connectivity index (χ3v) is 3.39. The van der Waals surface area contributed by atoms with Gasteiger partial charge in [-0.2, -0.15) is 0 Å². The fourth-order valence-electron chi connectivity index (χ4n) is 2.12. The number of hydrogen-bond donors (Lipinski definition) is 2. The lowest BCUT2D eigenvalue weighted by Gasteiger charge is -2.15. The van der Waals surface area contributed by atoms with Crippen LogP contribution >= 0.6 is 24.0 Å². The molecule has 0 spiro atoms. The number of amides is 1. The van der Waals surface area contributed by atoms with E-state index in [2.05, 4.69) is 10.2 Å². The summed E-state index contributed by atoms with van der Waals surface area (Å²) in [7, 11) is 0. The molecule has 19 heavy (non-hydrogen) atoms. The first-order valence-corrected chi connectivity index (χ1v) is 6.46. The molecule has 1 aromatic carbocycles. The van der Waals surface area contributed by atoms with Crippen LogP contribution < -0.4 is 11.1 Å². The smallest absolute Gasteiger partial charge is 0.238 e. The van der Waals surface area contributed by atoms with Gasteiger partial charge in [0.2, 0.25) is 5.91 Å². The molecule has 0 unspecified atom stereocenters. The van der Waals surface area contributed by atoms with E-state index in [1.54, 1.807) is 0 Å². The maximum atomic E-state index is 11.9. The number of carbonyl (C=O) groups excluding carboxylic acids is 1. The van der Waals surface area contributed by atoms with Crippen molar-refractivity contribution < 1.29 is 4.79 Å². The number of rotatable bonds is 3. The van der Waals surface area contributed by atoms with Gasteiger partial charge in [-0.25, -0.2) is 0 Å². The standard InChI is InChI=1S/C13H18ClN3O.ClH/c1-9-2-3-12(11(14)6-9)16-13(18)8-17-5-4-10(15)7-17;/h2-3,6,10H,4-5,7-8,15H2,1H3,(H,16,18);1H/t10-;/m1./s1. The molecule has 1 aromatic rings. The van der Waals surface area contributed by atoms with Crippen LogP contribution in [0.5, 0.6) is 0 Å². The number of aryl methyl sites for hydroxylation is 1. The van der Waals surface area contributed by atoms with Crippen LogP contribution in [0.25, 0.3) is 0 Å². The Morgan fingerprint density at radius 1 is 1.58 bits per heavy atom. The van der Waals surface area contributed by atoms with Crippen molar-refractivity contribution in [1.82, 2.24) is 4.90 Å². The highest BCUT2D eigenvalue weighted by atomic mass is 35.5. The second-order valence-corrected chi connectivity index (χ2v) is 5.22. The minimum atomic E-state index is -0.0464. The number of nitrogens with two attached hydrogens (primary N) is 1. The van der Waals surface area contributed by atoms with Crippen LogP contribution in [0, 0.1) is 6.92 Å². The second kappa shape index (κ2) is 7.10. The number of nitrogens with zero attached hydrogens (tertiary/aromatic N) is 1. The Morgan fingerprint density at radius 2 is 2.32 bits per heavy atom. The van der Waals surface area contributed by atoms with Crippen LogP contribution in [0.15, 0.2) is 18.2 Å². The quantitative estimate of drug-likeness (QED) is 0.898. The van der Waals surface area contributed by atoms with Gasteiger partial charge in [0, 0.05) is 19.1 Å². The zero-order valence-electron chi connectivity index (χ0n) is 10.9. The van der Waals surface area contributed by atoms with Gasteiger partial charge in [-0.1, -0.05) is 17.7 Å². The monoisotopic (exact) mass is 303 g/mol. The number of likely N-dealkylation sites (tertiary alicyclic amines) is 1. The topological polar surface area (TPSA) is 58.4 Å². The third-order valence-electron chi connectivity index (χ3n) is 3.07. The zero-order chi connectivity index (χ0) is 13.1. The average molecular weight is 304 g/mol. The molecule has 2 rings (SSSR count). The summed E-state index contributed by atoms with van der Waals surface area (Å²) >= 11 is 6.07. The first-order chi connectivity index (χ1) is 8.54. The summed E-state index contributed by atoms with van der Waals surface area (Å²) in [5.74, 6) is -0.0464. The van der Waals surface area contributed by atoms with Crippen molar-refractivity contribution in [3.8, 4) is 0 Å². The summed E-state index contributed by atoms with van der Waals surface area (Å²) in [6, 6.07) is 5.78. The highest BCUT2D eigenvalue weighted by Crippen LogP contribution is 2.22. The van der Waals surface area contributed by atoms with E-state index in [-0.39, 0.29) is 24.4 Å². The average Bonchev–Trinajstić information content (AvgIpc) is 2.68. The van der Waals surface area contributed by atoms with Crippen molar-refractivity contribution >= 4 is 35.6 Å². The van der Waals surface area contributed by atoms with Crippen LogP contribution in [0.3, 0.4) is 0 Å². The molecule has 1 fully saturated rings. The highest BCUT2D eigenvalue weighted by molar-refractivity contribution is 6.33. The summed E-state index contributed by atoms with van der Waals surface area (Å²) in [4.78, 5) is 13.9. The molecule has 3 N–H and O–H groups in total. The van der Waals surface area contributed by atoms with Gasteiger partial charge in [-0.05, 0) is 31.0 Å². The van der Waals surface area contributed by atoms with E-state index in [0.717, 1.165) is 25.1 Å². The molecule has 0 bridgehead atoms. The molecule has 1 aliphatic rings. The van der Waals surface area contributed by atoms with E-state index < -0.39 is 0 Å². The lowest BCUT2D eigenvalue weighted by atomic mass is 10.2. The van der Waals surface area contributed by atoms with E-state index in [9.17, 15) is 4.79 Å². The lowest BCUT2D eigenvalue weighted by Crippen LogP contribution is -2.33. The van der Waals surface area contributed by atoms with E-state index in [1.807, 2.05) is 25.1 Å². The molecular formula is C13H19Cl2N3O. The fraction of sp³-hybridized carbons (Fsp3) is 0.462. The molecule has 1 heterocycles. The normalized spacial score (nSPS) is 19.0. The van der Waals surface area contributed by atoms with Crippen molar-refractivity contribution in [2.24, 2.45) is 5.73 Å². The van der Waals surface area contributed by atoms with Gasteiger partial charge >= 0.3 is 0 Å². The van der Waals surface area contributed by atoms with E-state index in [4.69, 9.17) is 17.3 Å². The molecule has 6 heteroatoms. The second-order valence-electron chi connectivity index (χ2n) is 4.82. The van der Waals surface area contributed by atoms with E-state index in [1.165, 1.54) is 0 Å². The minimum absolute atomic E-state index is 0. The van der Waals surface area contributed by atoms with Crippen LogP contribution in [0.2, 0.25) is 5.02 Å². The van der Waals surface area contributed by atoms with Gasteiger partial charge in [-0.3, -0.25) is 9.69 Å². The summed E-state index contributed by atoms with van der Waals surface area (Å²) in [6.45, 7) is 4.01. The van der Waals surface area contributed by atoms with Crippen LogP contribution in [0.1, 0.15) is 12.0 Å². The lowest BCUT2D eigenvalue weighted by molar-refractivity contribution is -0.117. The number of anilines is 1. The molecule has 0 saturated carbocycles. The van der Waals surface area contributed by atoms with Crippen molar-refractivity contribution in [2.45, 2.75) is 19.4 Å². The maximum absolute atomic E-state index is 11.9. The van der Waals surface area contributed by atoms with E-state index in [0.29, 0.717) is 17.3 Å². The first-order valence-electron chi connectivity index (χ1n) is 6.08. The molecule has 0 radical (unpaired) electrons. The van der Waals surface area contributed by atoms with E-state index >= 15 is 0 Å². The van der Waals surface area contributed by atoms with Gasteiger partial charge in [0.05, 0.1) is 17.3 Å². The molecule has 106 valence electrons. The van der Waals surface area contributed by atoms with Crippen molar-refractivity contribution in [3.63, 3.8) is 0 Å². The largest absolute Gasteiger partial charge is 0.326 e. The fourth-order valence-corrected chi connectivity index (χ4v) is 2.40. The first kappa shape index (κ1) is 16.2. The Bertz CT molecular complexity index is 454. The summed E-state index contributed by atoms with van der Waals surface area (Å²) in [6.07, 6.45) is 0.957. The van der Waals surface area contributed by atoms with Crippen LogP contribution in [-0.2, 0) is 4.79 Å². The number of hydrogen-bond acceptors (Lipinski definition) is 3. The Labute approximate surface area is 124 Å². The number of carbonyl (C=O) groups is 1. The maximum Gasteiger partial charge on any atom is 0.238 e. The number of halogens is 2. The minimum Gasteiger partial charge on any atom is -0.326 e. The van der Waals surface area contributed by atoms with Gasteiger partial charge in [-0.15, -0.1) is 12.4 Å². The van der Waals surface area contributed by atoms with Gasteiger partial charge < -0.3 is 11.1 Å². The Morgan fingerprint density at radius 3 is 2.89 bits per heavy atom. The van der Waals surface area contributed by atoms with Gasteiger partial charge in [0.1, 0.15) is 0 Å². The molecule has 1 atom stereocenters. The molecule has 1 aliphatic heterocycles. The Balaban J connectivity index is 0.00000180. The zero-order valence-corrected chi connectivity index (χ0v) is 12.4. The SMILES string of the molecule is Cc1ccc(NC(=O)CN2CC[C@@H](N)C2)c(Cl)c1.Cl. The van der Waals surface area contributed by atoms with Crippen LogP contribution in [-0.4, -0.2) is 36.5 Å². The number of benzene rings is 1. The summed E-state index contributed by atoms with van der Waals surface area (Å²) in [5, 5.41) is 3.40. The summed E-state index contributed by atoms with van der Waals surface area (Å²) in [5.41, 5.74) is 7.54. The van der Waals surface area contributed by atoms with Crippen molar-refractivity contribution in [1.29, 1.82) is 0 Å². The van der Waals surface area contributed by atoms with Gasteiger partial charge in [0.25, 0.3) is 0 Å². The van der Waals surface area contributed by atoms with Crippen molar-refractivity contribution in [2.75, 3.05) is 25.0 Å². The number of nitrogens with one attached hydrogen (secondary N) is 1.